The van der Waals surface area contributed by atoms with E-state index in [4.69, 9.17) is 0 Å². The van der Waals surface area contributed by atoms with Crippen molar-refractivity contribution in [2.75, 3.05) is 11.4 Å². The summed E-state index contributed by atoms with van der Waals surface area (Å²) in [5.41, 5.74) is 0.921. The van der Waals surface area contributed by atoms with Crippen LogP contribution in [0, 0.1) is 11.3 Å². The van der Waals surface area contributed by atoms with E-state index in [1.807, 2.05) is 18.2 Å². The van der Waals surface area contributed by atoms with Crippen LogP contribution in [0.4, 0.5) is 5.69 Å². The highest BCUT2D eigenvalue weighted by Crippen LogP contribution is 2.37. The number of anilines is 1. The second kappa shape index (κ2) is 4.57. The Bertz CT molecular complexity index is 371. The summed E-state index contributed by atoms with van der Waals surface area (Å²) in [6.45, 7) is 3.03. The third kappa shape index (κ3) is 1.78. The van der Waals surface area contributed by atoms with Gasteiger partial charge in [-0.15, -0.1) is 0 Å². The maximum atomic E-state index is 9.49. The number of hydrogen-bond donors (Lipinski definition) is 0. The van der Waals surface area contributed by atoms with Crippen LogP contribution in [0.2, 0.25) is 0 Å². The normalized spacial score (nSPS) is 18.0. The molecule has 1 aromatic rings. The molecule has 0 heterocycles. The van der Waals surface area contributed by atoms with Gasteiger partial charge in [0.2, 0.25) is 0 Å². The molecule has 1 aromatic carbocycles. The number of rotatable bonds is 3. The molecule has 0 saturated heterocycles. The van der Waals surface area contributed by atoms with Gasteiger partial charge in [-0.3, -0.25) is 0 Å². The molecule has 1 saturated carbocycles. The van der Waals surface area contributed by atoms with Crippen molar-refractivity contribution in [2.24, 2.45) is 0 Å². The van der Waals surface area contributed by atoms with E-state index in [9.17, 15) is 5.26 Å². The van der Waals surface area contributed by atoms with E-state index in [2.05, 4.69) is 30.0 Å². The van der Waals surface area contributed by atoms with Gasteiger partial charge < -0.3 is 4.90 Å². The van der Waals surface area contributed by atoms with Crippen LogP contribution in [0.15, 0.2) is 30.3 Å². The summed E-state index contributed by atoms with van der Waals surface area (Å²) in [6.07, 6.45) is 4.37. The van der Waals surface area contributed by atoms with E-state index in [0.717, 1.165) is 19.4 Å². The highest BCUT2D eigenvalue weighted by Gasteiger charge is 2.39. The zero-order chi connectivity index (χ0) is 11.4. The largest absolute Gasteiger partial charge is 0.354 e. The van der Waals surface area contributed by atoms with Crippen LogP contribution in [-0.4, -0.2) is 12.1 Å². The van der Waals surface area contributed by atoms with Gasteiger partial charge in [-0.25, -0.2) is 0 Å². The van der Waals surface area contributed by atoms with Gasteiger partial charge in [-0.2, -0.15) is 5.26 Å². The van der Waals surface area contributed by atoms with E-state index >= 15 is 0 Å². The molecule has 2 rings (SSSR count). The second-order valence-corrected chi connectivity index (χ2v) is 4.43. The molecule has 0 aliphatic heterocycles. The van der Waals surface area contributed by atoms with Crippen molar-refractivity contribution in [1.29, 1.82) is 5.26 Å². The van der Waals surface area contributed by atoms with Gasteiger partial charge >= 0.3 is 0 Å². The van der Waals surface area contributed by atoms with Crippen LogP contribution in [0.5, 0.6) is 0 Å². The Morgan fingerprint density at radius 1 is 1.25 bits per heavy atom. The molecule has 0 aromatic heterocycles. The van der Waals surface area contributed by atoms with Gasteiger partial charge in [0.05, 0.1) is 6.07 Å². The van der Waals surface area contributed by atoms with Crippen LogP contribution in [0.3, 0.4) is 0 Å². The Morgan fingerprint density at radius 3 is 2.38 bits per heavy atom. The molecule has 16 heavy (non-hydrogen) atoms. The van der Waals surface area contributed by atoms with Crippen molar-refractivity contribution in [2.45, 2.75) is 38.1 Å². The van der Waals surface area contributed by atoms with Crippen molar-refractivity contribution >= 4 is 5.69 Å². The van der Waals surface area contributed by atoms with Gasteiger partial charge in [-0.05, 0) is 44.7 Å². The quantitative estimate of drug-likeness (QED) is 0.771. The first-order valence-electron chi connectivity index (χ1n) is 6.06. The first-order chi connectivity index (χ1) is 7.82. The number of para-hydroxylation sites is 1. The van der Waals surface area contributed by atoms with Crippen molar-refractivity contribution in [1.82, 2.24) is 0 Å². The molecular weight excluding hydrogens is 196 g/mol. The fourth-order valence-electron chi connectivity index (χ4n) is 2.74. The molecule has 0 N–H and O–H groups in total. The molecular formula is C14H18N2. The zero-order valence-corrected chi connectivity index (χ0v) is 9.82. The van der Waals surface area contributed by atoms with Gasteiger partial charge in [0.25, 0.3) is 0 Å². The molecule has 84 valence electrons. The summed E-state index contributed by atoms with van der Waals surface area (Å²) in [6, 6.07) is 12.8. The molecule has 0 atom stereocenters. The van der Waals surface area contributed by atoms with Crippen LogP contribution in [0.25, 0.3) is 0 Å². The molecule has 0 unspecified atom stereocenters. The topological polar surface area (TPSA) is 27.0 Å². The lowest BCUT2D eigenvalue weighted by molar-refractivity contribution is 0.505. The summed E-state index contributed by atoms with van der Waals surface area (Å²) in [7, 11) is 0. The summed E-state index contributed by atoms with van der Waals surface area (Å²) in [5, 5.41) is 9.49. The summed E-state index contributed by atoms with van der Waals surface area (Å²) < 4.78 is 0. The molecule has 2 heteroatoms. The molecule has 0 bridgehead atoms. The molecule has 0 spiro atoms. The second-order valence-electron chi connectivity index (χ2n) is 4.43. The Kier molecular flexibility index (Phi) is 3.14. The van der Waals surface area contributed by atoms with Crippen LogP contribution >= 0.6 is 0 Å². The van der Waals surface area contributed by atoms with E-state index in [0.29, 0.717) is 0 Å². The van der Waals surface area contributed by atoms with E-state index < -0.39 is 0 Å². The Balaban J connectivity index is 2.32. The number of nitriles is 1. The van der Waals surface area contributed by atoms with Crippen LogP contribution < -0.4 is 4.90 Å². The zero-order valence-electron chi connectivity index (χ0n) is 9.82. The molecule has 0 amide bonds. The fraction of sp³-hybridized carbons (Fsp3) is 0.500. The first kappa shape index (κ1) is 11.0. The number of nitrogens with zero attached hydrogens (tertiary/aromatic N) is 2. The third-order valence-electron chi connectivity index (χ3n) is 3.54. The van der Waals surface area contributed by atoms with Gasteiger partial charge in [-0.1, -0.05) is 18.2 Å². The summed E-state index contributed by atoms with van der Waals surface area (Å²) in [4.78, 5) is 2.26. The molecule has 2 nitrogen and oxygen atoms in total. The standard InChI is InChI=1S/C14H18N2/c1-2-16(13-8-4-3-5-9-13)14(12-15)10-6-7-11-14/h3-5,8-9H,2,6-7,10-11H2,1H3. The lowest BCUT2D eigenvalue weighted by atomic mass is 9.96. The van der Waals surface area contributed by atoms with Crippen molar-refractivity contribution in [3.63, 3.8) is 0 Å². The highest BCUT2D eigenvalue weighted by molar-refractivity contribution is 5.51. The summed E-state index contributed by atoms with van der Waals surface area (Å²) in [5.74, 6) is 0. The maximum absolute atomic E-state index is 9.49. The van der Waals surface area contributed by atoms with Gasteiger partial charge in [0.1, 0.15) is 5.54 Å². The predicted octanol–water partition coefficient (Wildman–Crippen LogP) is 3.35. The highest BCUT2D eigenvalue weighted by atomic mass is 15.2. The van der Waals surface area contributed by atoms with Crippen molar-refractivity contribution < 1.29 is 0 Å². The van der Waals surface area contributed by atoms with Gasteiger partial charge in [0.15, 0.2) is 0 Å². The Hall–Kier alpha value is -1.49. The average Bonchev–Trinajstić information content (AvgIpc) is 2.81. The Morgan fingerprint density at radius 2 is 1.88 bits per heavy atom. The minimum absolute atomic E-state index is 0.254. The Labute approximate surface area is 97.5 Å². The fourth-order valence-corrected chi connectivity index (χ4v) is 2.74. The van der Waals surface area contributed by atoms with E-state index in [1.165, 1.54) is 18.5 Å². The van der Waals surface area contributed by atoms with Crippen molar-refractivity contribution in [3.05, 3.63) is 30.3 Å². The summed E-state index contributed by atoms with van der Waals surface area (Å²) >= 11 is 0. The number of benzene rings is 1. The number of hydrogen-bond acceptors (Lipinski definition) is 2. The first-order valence-corrected chi connectivity index (χ1v) is 6.06. The maximum Gasteiger partial charge on any atom is 0.127 e. The molecule has 1 aliphatic rings. The smallest absolute Gasteiger partial charge is 0.127 e. The SMILES string of the molecule is CCN(c1ccccc1)C1(C#N)CCCC1. The minimum Gasteiger partial charge on any atom is -0.354 e. The van der Waals surface area contributed by atoms with E-state index in [-0.39, 0.29) is 5.54 Å². The molecule has 1 fully saturated rings. The third-order valence-corrected chi connectivity index (χ3v) is 3.54. The molecule has 0 radical (unpaired) electrons. The average molecular weight is 214 g/mol. The lowest BCUT2D eigenvalue weighted by Crippen LogP contribution is -2.45. The van der Waals surface area contributed by atoms with Gasteiger partial charge in [0, 0.05) is 12.2 Å². The minimum atomic E-state index is -0.254. The lowest BCUT2D eigenvalue weighted by Gasteiger charge is -2.37. The van der Waals surface area contributed by atoms with Crippen molar-refractivity contribution in [3.8, 4) is 6.07 Å². The van der Waals surface area contributed by atoms with Crippen LogP contribution in [0.1, 0.15) is 32.6 Å². The van der Waals surface area contributed by atoms with Crippen LogP contribution in [-0.2, 0) is 0 Å². The van der Waals surface area contributed by atoms with E-state index in [1.54, 1.807) is 0 Å². The monoisotopic (exact) mass is 214 g/mol. The predicted molar refractivity (Wildman–Crippen MR) is 66.3 cm³/mol. The molecule has 1 aliphatic carbocycles.